The van der Waals surface area contributed by atoms with E-state index in [2.05, 4.69) is 5.32 Å². The molecule has 8 heteroatoms. The zero-order valence-corrected chi connectivity index (χ0v) is 14.8. The number of nitrogens with zero attached hydrogens (tertiary/aromatic N) is 1. The quantitative estimate of drug-likeness (QED) is 0.855. The first-order valence-corrected chi connectivity index (χ1v) is 8.31. The highest BCUT2D eigenvalue weighted by Gasteiger charge is 2.33. The highest BCUT2D eigenvalue weighted by atomic mass is 19.4. The Morgan fingerprint density at radius 1 is 1.19 bits per heavy atom. The topological polar surface area (TPSA) is 50.8 Å². The van der Waals surface area contributed by atoms with Crippen LogP contribution in [0.5, 0.6) is 11.5 Å². The summed E-state index contributed by atoms with van der Waals surface area (Å²) in [6.07, 6.45) is -4.44. The van der Waals surface area contributed by atoms with Gasteiger partial charge in [-0.2, -0.15) is 13.2 Å². The maximum atomic E-state index is 13.1. The van der Waals surface area contributed by atoms with E-state index in [-0.39, 0.29) is 24.8 Å². The summed E-state index contributed by atoms with van der Waals surface area (Å²) in [4.78, 5) is 14.0. The molecule has 0 fully saturated rings. The van der Waals surface area contributed by atoms with E-state index in [0.717, 1.165) is 6.07 Å². The van der Waals surface area contributed by atoms with E-state index in [4.69, 9.17) is 9.47 Å². The Balaban J connectivity index is 1.67. The van der Waals surface area contributed by atoms with Gasteiger partial charge in [0, 0.05) is 18.3 Å². The first-order chi connectivity index (χ1) is 12.8. The molecule has 0 aliphatic carbocycles. The molecular weight excluding hydrogens is 361 g/mol. The highest BCUT2D eigenvalue weighted by molar-refractivity contribution is 5.94. The van der Waals surface area contributed by atoms with Gasteiger partial charge in [-0.1, -0.05) is 18.2 Å². The van der Waals surface area contributed by atoms with Gasteiger partial charge < -0.3 is 14.8 Å². The summed E-state index contributed by atoms with van der Waals surface area (Å²) in [6, 6.07) is 9.73. The van der Waals surface area contributed by atoms with E-state index in [9.17, 15) is 18.0 Å². The standard InChI is InChI=1S/C19H19F3N2O3/c1-12(18(25)23-14-7-8-16-17(9-14)27-11-26-16)24(2)10-13-5-3-4-6-15(13)19(20,21)22/h3-9,12H,10-11H2,1-2H3,(H,23,25). The predicted octanol–water partition coefficient (Wildman–Crippen LogP) is 3.89. The van der Waals surface area contributed by atoms with Gasteiger partial charge in [0.2, 0.25) is 12.7 Å². The number of hydrogen-bond acceptors (Lipinski definition) is 4. The van der Waals surface area contributed by atoms with Crippen LogP contribution in [0.1, 0.15) is 18.1 Å². The normalized spacial score (nSPS) is 14.3. The third kappa shape index (κ3) is 4.33. The lowest BCUT2D eigenvalue weighted by Gasteiger charge is -2.25. The molecule has 1 amide bonds. The second kappa shape index (κ2) is 7.48. The van der Waals surface area contributed by atoms with Gasteiger partial charge in [0.1, 0.15) is 0 Å². The Kier molecular flexibility index (Phi) is 5.27. The van der Waals surface area contributed by atoms with Crippen molar-refractivity contribution in [2.75, 3.05) is 19.2 Å². The van der Waals surface area contributed by atoms with Gasteiger partial charge >= 0.3 is 6.18 Å². The molecule has 0 saturated heterocycles. The number of carbonyl (C=O) groups excluding carboxylic acids is 1. The molecule has 0 radical (unpaired) electrons. The molecule has 2 aromatic carbocycles. The number of alkyl halides is 3. The van der Waals surface area contributed by atoms with Crippen LogP contribution in [0.3, 0.4) is 0 Å². The molecule has 1 aliphatic heterocycles. The van der Waals surface area contributed by atoms with E-state index in [1.165, 1.54) is 12.1 Å². The highest BCUT2D eigenvalue weighted by Crippen LogP contribution is 2.34. The van der Waals surface area contributed by atoms with Gasteiger partial charge in [0.05, 0.1) is 11.6 Å². The van der Waals surface area contributed by atoms with Crippen molar-refractivity contribution in [2.24, 2.45) is 0 Å². The minimum absolute atomic E-state index is 0.00852. The maximum absolute atomic E-state index is 13.1. The number of carbonyl (C=O) groups is 1. The van der Waals surface area contributed by atoms with Crippen LogP contribution in [0.15, 0.2) is 42.5 Å². The zero-order chi connectivity index (χ0) is 19.6. The van der Waals surface area contributed by atoms with Crippen LogP contribution in [-0.4, -0.2) is 30.7 Å². The van der Waals surface area contributed by atoms with Crippen molar-refractivity contribution in [1.82, 2.24) is 4.90 Å². The summed E-state index contributed by atoms with van der Waals surface area (Å²) in [5, 5.41) is 2.74. The molecule has 0 aromatic heterocycles. The number of amides is 1. The monoisotopic (exact) mass is 380 g/mol. The van der Waals surface area contributed by atoms with Crippen LogP contribution < -0.4 is 14.8 Å². The van der Waals surface area contributed by atoms with Crippen molar-refractivity contribution in [3.8, 4) is 11.5 Å². The largest absolute Gasteiger partial charge is 0.454 e. The average molecular weight is 380 g/mol. The fourth-order valence-corrected chi connectivity index (χ4v) is 2.76. The van der Waals surface area contributed by atoms with Crippen molar-refractivity contribution in [3.05, 3.63) is 53.6 Å². The van der Waals surface area contributed by atoms with Crippen LogP contribution in [-0.2, 0) is 17.5 Å². The average Bonchev–Trinajstić information content (AvgIpc) is 3.08. The van der Waals surface area contributed by atoms with Crippen molar-refractivity contribution in [1.29, 1.82) is 0 Å². The number of benzene rings is 2. The van der Waals surface area contributed by atoms with Gasteiger partial charge in [0.25, 0.3) is 0 Å². The second-order valence-electron chi connectivity index (χ2n) is 6.30. The molecule has 144 valence electrons. The van der Waals surface area contributed by atoms with E-state index in [1.807, 2.05) is 0 Å². The van der Waals surface area contributed by atoms with Gasteiger partial charge in [0.15, 0.2) is 11.5 Å². The Morgan fingerprint density at radius 2 is 1.89 bits per heavy atom. The SMILES string of the molecule is CC(C(=O)Nc1ccc2c(c1)OCO2)N(C)Cc1ccccc1C(F)(F)F. The first kappa shape index (κ1) is 19.0. The number of ether oxygens (including phenoxy) is 2. The number of rotatable bonds is 5. The van der Waals surface area contributed by atoms with Crippen LogP contribution in [0.4, 0.5) is 18.9 Å². The third-order valence-electron chi connectivity index (χ3n) is 4.42. The summed E-state index contributed by atoms with van der Waals surface area (Å²) in [5.74, 6) is 0.802. The molecule has 2 aromatic rings. The first-order valence-electron chi connectivity index (χ1n) is 8.31. The summed E-state index contributed by atoms with van der Waals surface area (Å²) in [7, 11) is 1.61. The molecule has 1 aliphatic rings. The molecule has 0 spiro atoms. The lowest BCUT2D eigenvalue weighted by Crippen LogP contribution is -2.39. The van der Waals surface area contributed by atoms with E-state index < -0.39 is 17.8 Å². The minimum atomic E-state index is -4.44. The Hall–Kier alpha value is -2.74. The predicted molar refractivity (Wildman–Crippen MR) is 93.6 cm³/mol. The molecular formula is C19H19F3N2O3. The number of anilines is 1. The Morgan fingerprint density at radius 3 is 2.63 bits per heavy atom. The van der Waals surface area contributed by atoms with Crippen molar-refractivity contribution < 1.29 is 27.4 Å². The van der Waals surface area contributed by atoms with Gasteiger partial charge in [-0.15, -0.1) is 0 Å². The van der Waals surface area contributed by atoms with E-state index in [1.54, 1.807) is 43.1 Å². The fraction of sp³-hybridized carbons (Fsp3) is 0.316. The summed E-state index contributed by atoms with van der Waals surface area (Å²) >= 11 is 0. The molecule has 0 bridgehead atoms. The second-order valence-corrected chi connectivity index (χ2v) is 6.30. The molecule has 1 unspecified atom stereocenters. The van der Waals surface area contributed by atoms with Crippen LogP contribution >= 0.6 is 0 Å². The summed E-state index contributed by atoms with van der Waals surface area (Å²) in [5.41, 5.74) is -0.0457. The van der Waals surface area contributed by atoms with Gasteiger partial charge in [-0.25, -0.2) is 0 Å². The molecule has 1 heterocycles. The number of likely N-dealkylation sites (N-methyl/N-ethyl adjacent to an activating group) is 1. The lowest BCUT2D eigenvalue weighted by molar-refractivity contribution is -0.138. The van der Waals surface area contributed by atoms with Crippen molar-refractivity contribution >= 4 is 11.6 Å². The minimum Gasteiger partial charge on any atom is -0.454 e. The maximum Gasteiger partial charge on any atom is 0.416 e. The molecule has 27 heavy (non-hydrogen) atoms. The Labute approximate surface area is 154 Å². The van der Waals surface area contributed by atoms with E-state index >= 15 is 0 Å². The van der Waals surface area contributed by atoms with Crippen LogP contribution in [0, 0.1) is 0 Å². The smallest absolute Gasteiger partial charge is 0.416 e. The number of fused-ring (bicyclic) bond motifs is 1. The van der Waals surface area contributed by atoms with Crippen LogP contribution in [0.2, 0.25) is 0 Å². The number of hydrogen-bond donors (Lipinski definition) is 1. The van der Waals surface area contributed by atoms with Crippen molar-refractivity contribution in [2.45, 2.75) is 25.7 Å². The summed E-state index contributed by atoms with van der Waals surface area (Å²) < 4.78 is 49.9. The third-order valence-corrected chi connectivity index (χ3v) is 4.42. The van der Waals surface area contributed by atoms with E-state index in [0.29, 0.717) is 17.2 Å². The molecule has 1 N–H and O–H groups in total. The molecule has 3 rings (SSSR count). The molecule has 1 atom stereocenters. The van der Waals surface area contributed by atoms with Crippen LogP contribution in [0.25, 0.3) is 0 Å². The van der Waals surface area contributed by atoms with Crippen molar-refractivity contribution in [3.63, 3.8) is 0 Å². The summed E-state index contributed by atoms with van der Waals surface area (Å²) in [6.45, 7) is 1.76. The lowest BCUT2D eigenvalue weighted by atomic mass is 10.1. The van der Waals surface area contributed by atoms with Gasteiger partial charge in [-0.3, -0.25) is 9.69 Å². The fourth-order valence-electron chi connectivity index (χ4n) is 2.76. The molecule has 5 nitrogen and oxygen atoms in total. The number of halogens is 3. The Bertz CT molecular complexity index is 839. The number of nitrogens with one attached hydrogen (secondary N) is 1. The van der Waals surface area contributed by atoms with Gasteiger partial charge in [-0.05, 0) is 37.7 Å². The molecule has 0 saturated carbocycles. The zero-order valence-electron chi connectivity index (χ0n) is 14.8.